The highest BCUT2D eigenvalue weighted by molar-refractivity contribution is 5.77. The fourth-order valence-electron chi connectivity index (χ4n) is 1.32. The van der Waals surface area contributed by atoms with E-state index in [0.29, 0.717) is 6.42 Å². The topological polar surface area (TPSA) is 46.2 Å². The highest BCUT2D eigenvalue weighted by atomic mass is 16.1. The predicted octanol–water partition coefficient (Wildman–Crippen LogP) is 2.30. The van der Waals surface area contributed by atoms with Gasteiger partial charge in [-0.15, -0.1) is 0 Å². The van der Waals surface area contributed by atoms with Crippen molar-refractivity contribution >= 4 is 11.7 Å². The lowest BCUT2D eigenvalue weighted by Gasteiger charge is -2.07. The molecule has 0 rings (SSSR count). The lowest BCUT2D eigenvalue weighted by Crippen LogP contribution is -2.23. The zero-order valence-corrected chi connectivity index (χ0v) is 10.1. The Bertz CT molecular complexity index is 202. The Morgan fingerprint density at radius 3 is 2.47 bits per heavy atom. The second-order valence-electron chi connectivity index (χ2n) is 4.11. The minimum Gasteiger partial charge on any atom is -0.356 e. The first-order valence-electron chi connectivity index (χ1n) is 5.85. The van der Waals surface area contributed by atoms with Gasteiger partial charge in [0.2, 0.25) is 5.91 Å². The first kappa shape index (κ1) is 14.1. The van der Waals surface area contributed by atoms with Crippen LogP contribution in [0.25, 0.3) is 0 Å². The molecule has 0 aliphatic heterocycles. The minimum absolute atomic E-state index is 0.136. The summed E-state index contributed by atoms with van der Waals surface area (Å²) >= 11 is 0. The maximum absolute atomic E-state index is 11.1. The second kappa shape index (κ2) is 8.45. The van der Waals surface area contributed by atoms with E-state index in [0.717, 1.165) is 32.2 Å². The van der Waals surface area contributed by atoms with Gasteiger partial charge in [0.05, 0.1) is 0 Å². The van der Waals surface area contributed by atoms with Crippen molar-refractivity contribution in [3.05, 3.63) is 0 Å². The van der Waals surface area contributed by atoms with Gasteiger partial charge in [0, 0.05) is 18.9 Å². The number of carbonyl (C=O) groups excluding carboxylic acids is 2. The van der Waals surface area contributed by atoms with Crippen molar-refractivity contribution in [2.24, 2.45) is 5.92 Å². The third kappa shape index (κ3) is 8.16. The van der Waals surface area contributed by atoms with Gasteiger partial charge in [-0.05, 0) is 26.2 Å². The van der Waals surface area contributed by atoms with Gasteiger partial charge in [-0.1, -0.05) is 20.3 Å². The predicted molar refractivity (Wildman–Crippen MR) is 61.6 cm³/mol. The third-order valence-electron chi connectivity index (χ3n) is 2.56. The van der Waals surface area contributed by atoms with Crippen molar-refractivity contribution < 1.29 is 9.59 Å². The summed E-state index contributed by atoms with van der Waals surface area (Å²) in [4.78, 5) is 22.0. The molecule has 0 aliphatic rings. The number of carbonyl (C=O) groups is 2. The quantitative estimate of drug-likeness (QED) is 0.629. The molecular weight excluding hydrogens is 190 g/mol. The van der Waals surface area contributed by atoms with E-state index in [1.54, 1.807) is 6.92 Å². The van der Waals surface area contributed by atoms with Crippen molar-refractivity contribution in [1.29, 1.82) is 0 Å². The molecule has 0 aromatic rings. The summed E-state index contributed by atoms with van der Waals surface area (Å²) in [5, 5.41) is 2.86. The Balaban J connectivity index is 3.32. The van der Waals surface area contributed by atoms with Crippen molar-refractivity contribution in [3.8, 4) is 0 Å². The van der Waals surface area contributed by atoms with Gasteiger partial charge in [-0.2, -0.15) is 0 Å². The van der Waals surface area contributed by atoms with Gasteiger partial charge in [0.25, 0.3) is 0 Å². The fourth-order valence-corrected chi connectivity index (χ4v) is 1.32. The number of hydrogen-bond acceptors (Lipinski definition) is 2. The van der Waals surface area contributed by atoms with Crippen LogP contribution < -0.4 is 5.32 Å². The Morgan fingerprint density at radius 1 is 1.27 bits per heavy atom. The van der Waals surface area contributed by atoms with E-state index in [-0.39, 0.29) is 17.6 Å². The summed E-state index contributed by atoms with van der Waals surface area (Å²) in [6, 6.07) is 0. The van der Waals surface area contributed by atoms with E-state index in [2.05, 4.69) is 5.32 Å². The van der Waals surface area contributed by atoms with E-state index in [9.17, 15) is 9.59 Å². The van der Waals surface area contributed by atoms with Crippen LogP contribution in [-0.2, 0) is 9.59 Å². The number of hydrogen-bond donors (Lipinski definition) is 1. The van der Waals surface area contributed by atoms with Gasteiger partial charge in [-0.3, -0.25) is 9.59 Å². The largest absolute Gasteiger partial charge is 0.356 e. The lowest BCUT2D eigenvalue weighted by molar-refractivity contribution is -0.121. The molecule has 0 radical (unpaired) electrons. The van der Waals surface area contributed by atoms with E-state index in [1.807, 2.05) is 13.8 Å². The van der Waals surface area contributed by atoms with Gasteiger partial charge in [0.15, 0.2) is 0 Å². The average molecular weight is 213 g/mol. The maximum atomic E-state index is 11.1. The Kier molecular flexibility index (Phi) is 7.96. The normalized spacial score (nSPS) is 12.2. The summed E-state index contributed by atoms with van der Waals surface area (Å²) in [6.45, 7) is 6.32. The molecule has 3 heteroatoms. The molecule has 0 bridgehead atoms. The van der Waals surface area contributed by atoms with E-state index >= 15 is 0 Å². The molecule has 0 unspecified atom stereocenters. The molecule has 88 valence electrons. The molecule has 0 fully saturated rings. The SMILES string of the molecule is CCCC(=O)NCCCC[C@H](C)C(C)=O. The van der Waals surface area contributed by atoms with Crippen LogP contribution in [-0.4, -0.2) is 18.2 Å². The molecule has 0 saturated carbocycles. The highest BCUT2D eigenvalue weighted by Crippen LogP contribution is 2.07. The number of ketones is 1. The molecule has 1 N–H and O–H groups in total. The molecular formula is C12H23NO2. The first-order valence-corrected chi connectivity index (χ1v) is 5.85. The van der Waals surface area contributed by atoms with Gasteiger partial charge < -0.3 is 5.32 Å². The Morgan fingerprint density at radius 2 is 1.93 bits per heavy atom. The van der Waals surface area contributed by atoms with Crippen LogP contribution >= 0.6 is 0 Å². The molecule has 0 aromatic carbocycles. The van der Waals surface area contributed by atoms with Crippen LogP contribution in [0.2, 0.25) is 0 Å². The third-order valence-corrected chi connectivity index (χ3v) is 2.56. The maximum Gasteiger partial charge on any atom is 0.219 e. The second-order valence-corrected chi connectivity index (χ2v) is 4.11. The van der Waals surface area contributed by atoms with Gasteiger partial charge in [-0.25, -0.2) is 0 Å². The molecule has 0 aliphatic carbocycles. The van der Waals surface area contributed by atoms with Crippen LogP contribution in [0.1, 0.15) is 52.9 Å². The summed E-state index contributed by atoms with van der Waals surface area (Å²) in [5.74, 6) is 0.554. The van der Waals surface area contributed by atoms with E-state index < -0.39 is 0 Å². The number of amides is 1. The standard InChI is InChI=1S/C12H23NO2/c1-4-7-12(15)13-9-6-5-8-10(2)11(3)14/h10H,4-9H2,1-3H3,(H,13,15)/t10-/m0/s1. The van der Waals surface area contributed by atoms with Crippen LogP contribution in [0.5, 0.6) is 0 Å². The van der Waals surface area contributed by atoms with Crippen molar-refractivity contribution in [2.75, 3.05) is 6.54 Å². The molecule has 3 nitrogen and oxygen atoms in total. The van der Waals surface area contributed by atoms with Crippen molar-refractivity contribution in [1.82, 2.24) is 5.32 Å². The minimum atomic E-state index is 0.136. The Labute approximate surface area is 92.6 Å². The molecule has 0 spiro atoms. The zero-order chi connectivity index (χ0) is 11.7. The zero-order valence-electron chi connectivity index (χ0n) is 10.1. The van der Waals surface area contributed by atoms with E-state index in [4.69, 9.17) is 0 Å². The van der Waals surface area contributed by atoms with Crippen LogP contribution in [0, 0.1) is 5.92 Å². The molecule has 0 heterocycles. The number of nitrogens with one attached hydrogen (secondary N) is 1. The van der Waals surface area contributed by atoms with Crippen molar-refractivity contribution in [3.63, 3.8) is 0 Å². The summed E-state index contributed by atoms with van der Waals surface area (Å²) in [7, 11) is 0. The van der Waals surface area contributed by atoms with Gasteiger partial charge >= 0.3 is 0 Å². The van der Waals surface area contributed by atoms with Gasteiger partial charge in [0.1, 0.15) is 5.78 Å². The van der Waals surface area contributed by atoms with Crippen LogP contribution in [0.15, 0.2) is 0 Å². The fraction of sp³-hybridized carbons (Fsp3) is 0.833. The van der Waals surface area contributed by atoms with Crippen LogP contribution in [0.4, 0.5) is 0 Å². The highest BCUT2D eigenvalue weighted by Gasteiger charge is 2.06. The average Bonchev–Trinajstić information content (AvgIpc) is 2.17. The summed E-state index contributed by atoms with van der Waals surface area (Å²) in [5.41, 5.74) is 0. The number of Topliss-reactive ketones (excluding diaryl/α,β-unsaturated/α-hetero) is 1. The first-order chi connectivity index (χ1) is 7.07. The van der Waals surface area contributed by atoms with Crippen LogP contribution in [0.3, 0.4) is 0 Å². The molecule has 1 atom stereocenters. The van der Waals surface area contributed by atoms with Crippen molar-refractivity contribution in [2.45, 2.75) is 52.9 Å². The monoisotopic (exact) mass is 213 g/mol. The summed E-state index contributed by atoms with van der Waals surface area (Å²) in [6.07, 6.45) is 4.41. The smallest absolute Gasteiger partial charge is 0.219 e. The molecule has 0 aromatic heterocycles. The molecule has 0 saturated heterocycles. The molecule has 15 heavy (non-hydrogen) atoms. The number of unbranched alkanes of at least 4 members (excludes halogenated alkanes) is 1. The number of rotatable bonds is 8. The van der Waals surface area contributed by atoms with E-state index in [1.165, 1.54) is 0 Å². The molecule has 1 amide bonds. The summed E-state index contributed by atoms with van der Waals surface area (Å²) < 4.78 is 0. The lowest BCUT2D eigenvalue weighted by atomic mass is 10.0. The Hall–Kier alpha value is -0.860.